The summed E-state index contributed by atoms with van der Waals surface area (Å²) >= 11 is 1.55. The van der Waals surface area contributed by atoms with Crippen LogP contribution in [0.15, 0.2) is 60.0 Å². The highest BCUT2D eigenvalue weighted by Crippen LogP contribution is 2.21. The fourth-order valence-corrected chi connectivity index (χ4v) is 3.59. The minimum atomic E-state index is -0.0201. The summed E-state index contributed by atoms with van der Waals surface area (Å²) < 4.78 is 11.0. The zero-order valence-electron chi connectivity index (χ0n) is 17.0. The van der Waals surface area contributed by atoms with Crippen molar-refractivity contribution in [1.29, 1.82) is 0 Å². The molecule has 0 aliphatic heterocycles. The van der Waals surface area contributed by atoms with Gasteiger partial charge < -0.3 is 14.4 Å². The maximum atomic E-state index is 13.2. The molecule has 6 heteroatoms. The van der Waals surface area contributed by atoms with Gasteiger partial charge in [-0.25, -0.2) is 4.98 Å². The third kappa shape index (κ3) is 5.57. The summed E-state index contributed by atoms with van der Waals surface area (Å²) in [6.45, 7) is 5.02. The van der Waals surface area contributed by atoms with Crippen LogP contribution in [0.1, 0.15) is 41.3 Å². The second-order valence-corrected chi connectivity index (χ2v) is 7.70. The number of amides is 1. The van der Waals surface area contributed by atoms with Gasteiger partial charge in [-0.15, -0.1) is 11.3 Å². The molecule has 3 aromatic rings. The van der Waals surface area contributed by atoms with Crippen LogP contribution in [0.25, 0.3) is 0 Å². The van der Waals surface area contributed by atoms with Crippen LogP contribution >= 0.6 is 11.3 Å². The average Bonchev–Trinajstić information content (AvgIpc) is 3.23. The van der Waals surface area contributed by atoms with Crippen molar-refractivity contribution >= 4 is 17.2 Å². The Morgan fingerprint density at radius 1 is 1.14 bits per heavy atom. The molecule has 152 valence electrons. The molecule has 0 saturated carbocycles. The van der Waals surface area contributed by atoms with Gasteiger partial charge in [0.05, 0.1) is 19.3 Å². The van der Waals surface area contributed by atoms with Crippen molar-refractivity contribution < 1.29 is 14.3 Å². The van der Waals surface area contributed by atoms with Crippen LogP contribution in [0.2, 0.25) is 0 Å². The fraction of sp³-hybridized carbons (Fsp3) is 0.304. The first-order chi connectivity index (χ1) is 14.1. The van der Waals surface area contributed by atoms with E-state index >= 15 is 0 Å². The van der Waals surface area contributed by atoms with Crippen LogP contribution in [0.5, 0.6) is 11.5 Å². The number of para-hydroxylation sites is 1. The van der Waals surface area contributed by atoms with Crippen molar-refractivity contribution in [1.82, 2.24) is 9.88 Å². The minimum Gasteiger partial charge on any atom is -0.497 e. The van der Waals surface area contributed by atoms with Gasteiger partial charge in [0.25, 0.3) is 5.91 Å². The summed E-state index contributed by atoms with van der Waals surface area (Å²) in [5, 5.41) is 2.89. The van der Waals surface area contributed by atoms with E-state index in [-0.39, 0.29) is 11.9 Å². The van der Waals surface area contributed by atoms with E-state index in [1.165, 1.54) is 0 Å². The van der Waals surface area contributed by atoms with Crippen molar-refractivity contribution in [3.05, 3.63) is 76.2 Å². The Labute approximate surface area is 175 Å². The summed E-state index contributed by atoms with van der Waals surface area (Å²) in [6, 6.07) is 17.0. The van der Waals surface area contributed by atoms with Gasteiger partial charge in [0.1, 0.15) is 23.1 Å². The predicted octanol–water partition coefficient (Wildman–Crippen LogP) is 5.17. The molecule has 29 heavy (non-hydrogen) atoms. The van der Waals surface area contributed by atoms with E-state index < -0.39 is 0 Å². The molecule has 1 aromatic heterocycles. The molecule has 0 unspecified atom stereocenters. The maximum Gasteiger partial charge on any atom is 0.254 e. The molecule has 0 fully saturated rings. The Kier molecular flexibility index (Phi) is 7.25. The first-order valence-corrected chi connectivity index (χ1v) is 10.5. The second kappa shape index (κ2) is 10.1. The molecule has 2 aromatic carbocycles. The Hall–Kier alpha value is -2.86. The molecular weight excluding hydrogens is 384 g/mol. The van der Waals surface area contributed by atoms with Crippen LogP contribution in [0.3, 0.4) is 0 Å². The van der Waals surface area contributed by atoms with E-state index in [0.717, 1.165) is 22.9 Å². The molecule has 1 amide bonds. The summed E-state index contributed by atoms with van der Waals surface area (Å²) in [5.74, 6) is 1.47. The van der Waals surface area contributed by atoms with E-state index in [2.05, 4.69) is 18.8 Å². The van der Waals surface area contributed by atoms with Crippen molar-refractivity contribution in [3.8, 4) is 11.5 Å². The number of benzene rings is 2. The molecule has 3 rings (SSSR count). The maximum absolute atomic E-state index is 13.2. The number of carbonyl (C=O) groups excluding carboxylic acids is 1. The quantitative estimate of drug-likeness (QED) is 0.488. The van der Waals surface area contributed by atoms with Crippen LogP contribution in [0.4, 0.5) is 0 Å². The third-order valence-electron chi connectivity index (χ3n) is 4.74. The van der Waals surface area contributed by atoms with Gasteiger partial charge in [0, 0.05) is 17.0 Å². The van der Waals surface area contributed by atoms with E-state index in [9.17, 15) is 4.79 Å². The number of carbonyl (C=O) groups is 1. The molecule has 1 atom stereocenters. The Balaban J connectivity index is 1.70. The van der Waals surface area contributed by atoms with Gasteiger partial charge in [-0.3, -0.25) is 4.79 Å². The molecular formula is C23H26N2O3S. The van der Waals surface area contributed by atoms with E-state index in [1.54, 1.807) is 24.5 Å². The normalized spacial score (nSPS) is 11.7. The number of hydrogen-bond acceptors (Lipinski definition) is 5. The molecule has 5 nitrogen and oxygen atoms in total. The van der Waals surface area contributed by atoms with E-state index in [0.29, 0.717) is 24.5 Å². The van der Waals surface area contributed by atoms with Crippen LogP contribution < -0.4 is 9.47 Å². The predicted molar refractivity (Wildman–Crippen MR) is 116 cm³/mol. The second-order valence-electron chi connectivity index (χ2n) is 6.76. The van der Waals surface area contributed by atoms with Crippen LogP contribution in [-0.4, -0.2) is 28.9 Å². The molecule has 0 bridgehead atoms. The van der Waals surface area contributed by atoms with Gasteiger partial charge in [0.2, 0.25) is 0 Å². The van der Waals surface area contributed by atoms with Gasteiger partial charge in [-0.1, -0.05) is 31.2 Å². The molecule has 1 heterocycles. The first-order valence-electron chi connectivity index (χ1n) is 9.66. The van der Waals surface area contributed by atoms with Gasteiger partial charge >= 0.3 is 0 Å². The third-order valence-corrected chi connectivity index (χ3v) is 5.61. The van der Waals surface area contributed by atoms with Gasteiger partial charge in [-0.2, -0.15) is 0 Å². The number of rotatable bonds is 9. The summed E-state index contributed by atoms with van der Waals surface area (Å²) in [4.78, 5) is 19.7. The summed E-state index contributed by atoms with van der Waals surface area (Å²) in [5.41, 5.74) is 1.49. The number of aromatic nitrogens is 1. The standard InChI is InChI=1S/C23H26N2O3S/c1-4-17(2)25(23(26)18-9-8-12-21(13-18)27-3)14-19-16-29-22(24-19)15-28-20-10-6-5-7-11-20/h5-13,16-17H,4,14-15H2,1-3H3/t17-/m0/s1. The highest BCUT2D eigenvalue weighted by molar-refractivity contribution is 7.09. The highest BCUT2D eigenvalue weighted by Gasteiger charge is 2.22. The number of nitrogens with zero attached hydrogens (tertiary/aromatic N) is 2. The number of thiazole rings is 1. The molecule has 0 radical (unpaired) electrons. The Bertz CT molecular complexity index is 927. The first kappa shape index (κ1) is 20.9. The van der Waals surface area contributed by atoms with Crippen molar-refractivity contribution in [2.45, 2.75) is 39.5 Å². The van der Waals surface area contributed by atoms with E-state index in [4.69, 9.17) is 9.47 Å². The SMILES string of the molecule is CC[C@H](C)N(Cc1csc(COc2ccccc2)n1)C(=O)c1cccc(OC)c1. The lowest BCUT2D eigenvalue weighted by Crippen LogP contribution is -2.37. The van der Waals surface area contributed by atoms with Crippen molar-refractivity contribution in [3.63, 3.8) is 0 Å². The topological polar surface area (TPSA) is 51.7 Å². The molecule has 0 N–H and O–H groups in total. The van der Waals surface area contributed by atoms with E-state index in [1.807, 2.05) is 58.8 Å². The number of methoxy groups -OCH3 is 1. The molecule has 0 saturated heterocycles. The lowest BCUT2D eigenvalue weighted by molar-refractivity contribution is 0.0668. The lowest BCUT2D eigenvalue weighted by atomic mass is 10.1. The number of hydrogen-bond donors (Lipinski definition) is 0. The fourth-order valence-electron chi connectivity index (χ4n) is 2.89. The minimum absolute atomic E-state index is 0.0201. The molecule has 0 aliphatic carbocycles. The average molecular weight is 411 g/mol. The monoisotopic (exact) mass is 410 g/mol. The Morgan fingerprint density at radius 3 is 2.62 bits per heavy atom. The van der Waals surface area contributed by atoms with Crippen LogP contribution in [-0.2, 0) is 13.2 Å². The Morgan fingerprint density at radius 2 is 1.90 bits per heavy atom. The lowest BCUT2D eigenvalue weighted by Gasteiger charge is -2.28. The largest absolute Gasteiger partial charge is 0.497 e. The van der Waals surface area contributed by atoms with Crippen molar-refractivity contribution in [2.24, 2.45) is 0 Å². The number of ether oxygens (including phenoxy) is 2. The summed E-state index contributed by atoms with van der Waals surface area (Å²) in [6.07, 6.45) is 0.865. The zero-order chi connectivity index (χ0) is 20.6. The zero-order valence-corrected chi connectivity index (χ0v) is 17.8. The van der Waals surface area contributed by atoms with Crippen LogP contribution in [0, 0.1) is 0 Å². The van der Waals surface area contributed by atoms with Crippen molar-refractivity contribution in [2.75, 3.05) is 7.11 Å². The smallest absolute Gasteiger partial charge is 0.254 e. The highest BCUT2D eigenvalue weighted by atomic mass is 32.1. The molecule has 0 aliphatic rings. The summed E-state index contributed by atoms with van der Waals surface area (Å²) in [7, 11) is 1.60. The molecule has 0 spiro atoms. The van der Waals surface area contributed by atoms with Gasteiger partial charge in [0.15, 0.2) is 0 Å². The van der Waals surface area contributed by atoms with Gasteiger partial charge in [-0.05, 0) is 43.7 Å².